The number of carbonyl (C=O) groups is 3. The lowest BCUT2D eigenvalue weighted by atomic mass is 10.2. The highest BCUT2D eigenvalue weighted by molar-refractivity contribution is 6.34. The summed E-state index contributed by atoms with van der Waals surface area (Å²) in [6.45, 7) is 1.68. The Labute approximate surface area is 210 Å². The molecule has 1 aliphatic heterocycles. The number of likely N-dealkylation sites (tertiary alicyclic amines) is 1. The molecule has 4 N–H and O–H groups in total. The predicted octanol–water partition coefficient (Wildman–Crippen LogP) is 2.79. The van der Waals surface area contributed by atoms with Crippen molar-refractivity contribution in [2.24, 2.45) is 5.73 Å². The number of carbonyl (C=O) groups excluding carboxylic acids is 3. The molecule has 1 aliphatic rings. The van der Waals surface area contributed by atoms with Crippen LogP contribution in [0.3, 0.4) is 0 Å². The van der Waals surface area contributed by atoms with Crippen LogP contribution in [0.5, 0.6) is 0 Å². The number of nitrogens with zero attached hydrogens (tertiary/aromatic N) is 3. The standard InChI is InChI=1S/C24H23ClF2N6O3/c25-19-11-14(26)1-6-18(19)23(35)31-16-2-4-17(5-3-16)33-13-30-20(22(28)34)21(33)24(36)29-8-10-32-9-7-15(27)12-32/h1-6,11,13,15H,7-10,12H2,(H2,28,34)(H,29,36)(H,31,35)/t15-/m0/s1. The number of nitrogens with two attached hydrogens (primary N) is 1. The van der Waals surface area contributed by atoms with E-state index >= 15 is 0 Å². The van der Waals surface area contributed by atoms with E-state index in [1.165, 1.54) is 17.0 Å². The maximum Gasteiger partial charge on any atom is 0.270 e. The largest absolute Gasteiger partial charge is 0.364 e. The first kappa shape index (κ1) is 25.3. The van der Waals surface area contributed by atoms with Gasteiger partial charge in [-0.25, -0.2) is 13.8 Å². The van der Waals surface area contributed by atoms with E-state index < -0.39 is 29.7 Å². The van der Waals surface area contributed by atoms with Crippen molar-refractivity contribution in [3.05, 3.63) is 76.6 Å². The minimum atomic E-state index is -0.862. The molecule has 2 heterocycles. The Morgan fingerprint density at radius 1 is 1.14 bits per heavy atom. The van der Waals surface area contributed by atoms with Gasteiger partial charge in [0.15, 0.2) is 5.69 Å². The van der Waals surface area contributed by atoms with Crippen LogP contribution in [-0.4, -0.2) is 64.5 Å². The van der Waals surface area contributed by atoms with Gasteiger partial charge >= 0.3 is 0 Å². The first-order chi connectivity index (χ1) is 17.2. The van der Waals surface area contributed by atoms with Gasteiger partial charge in [0.1, 0.15) is 24.0 Å². The van der Waals surface area contributed by atoms with Gasteiger partial charge in [0.05, 0.1) is 10.6 Å². The molecule has 0 aliphatic carbocycles. The van der Waals surface area contributed by atoms with Crippen molar-refractivity contribution >= 4 is 35.0 Å². The van der Waals surface area contributed by atoms with Crippen LogP contribution >= 0.6 is 11.6 Å². The molecular weight excluding hydrogens is 494 g/mol. The number of aromatic nitrogens is 2. The number of anilines is 1. The molecule has 0 bridgehead atoms. The Hall–Kier alpha value is -3.83. The van der Waals surface area contributed by atoms with Crippen LogP contribution in [-0.2, 0) is 0 Å². The van der Waals surface area contributed by atoms with E-state index in [9.17, 15) is 23.2 Å². The lowest BCUT2D eigenvalue weighted by Gasteiger charge is -2.15. The lowest BCUT2D eigenvalue weighted by molar-refractivity contribution is 0.0925. The SMILES string of the molecule is NC(=O)c1ncn(-c2ccc(NC(=O)c3ccc(F)cc3Cl)cc2)c1C(=O)NCCN1CC[C@H](F)C1. The van der Waals surface area contributed by atoms with Crippen LogP contribution in [0.25, 0.3) is 5.69 Å². The molecule has 1 atom stereocenters. The summed E-state index contributed by atoms with van der Waals surface area (Å²) in [7, 11) is 0. The molecule has 0 spiro atoms. The van der Waals surface area contributed by atoms with E-state index in [0.29, 0.717) is 37.4 Å². The van der Waals surface area contributed by atoms with Crippen molar-refractivity contribution in [3.8, 4) is 5.69 Å². The van der Waals surface area contributed by atoms with Gasteiger partial charge in [0.25, 0.3) is 17.7 Å². The minimum absolute atomic E-state index is 0.0218. The van der Waals surface area contributed by atoms with Crippen LogP contribution in [0.4, 0.5) is 14.5 Å². The monoisotopic (exact) mass is 516 g/mol. The van der Waals surface area contributed by atoms with Crippen LogP contribution in [0.15, 0.2) is 48.8 Å². The Balaban J connectivity index is 1.48. The number of hydrogen-bond acceptors (Lipinski definition) is 5. The summed E-state index contributed by atoms with van der Waals surface area (Å²) in [5.74, 6) is -2.50. The van der Waals surface area contributed by atoms with Gasteiger partial charge < -0.3 is 16.4 Å². The summed E-state index contributed by atoms with van der Waals surface area (Å²) >= 11 is 5.94. The van der Waals surface area contributed by atoms with Crippen molar-refractivity contribution in [1.82, 2.24) is 19.8 Å². The lowest BCUT2D eigenvalue weighted by Crippen LogP contribution is -2.35. The smallest absolute Gasteiger partial charge is 0.270 e. The molecule has 3 amide bonds. The zero-order chi connectivity index (χ0) is 25.8. The van der Waals surface area contributed by atoms with Gasteiger partial charge in [-0.1, -0.05) is 11.6 Å². The number of amides is 3. The summed E-state index contributed by atoms with van der Waals surface area (Å²) in [5, 5.41) is 5.37. The van der Waals surface area contributed by atoms with Crippen LogP contribution in [0.2, 0.25) is 5.02 Å². The molecular formula is C24H23ClF2N6O3. The molecule has 0 unspecified atom stereocenters. The molecule has 36 heavy (non-hydrogen) atoms. The average molecular weight is 517 g/mol. The van der Waals surface area contributed by atoms with Crippen molar-refractivity contribution in [3.63, 3.8) is 0 Å². The Morgan fingerprint density at radius 2 is 1.89 bits per heavy atom. The first-order valence-corrected chi connectivity index (χ1v) is 11.5. The normalized spacial score (nSPS) is 15.6. The number of primary amides is 1. The molecule has 9 nitrogen and oxygen atoms in total. The third-order valence-corrected chi connectivity index (χ3v) is 6.04. The third-order valence-electron chi connectivity index (χ3n) is 5.72. The van der Waals surface area contributed by atoms with Crippen LogP contribution in [0, 0.1) is 5.82 Å². The molecule has 2 aromatic carbocycles. The fourth-order valence-corrected chi connectivity index (χ4v) is 4.17. The van der Waals surface area contributed by atoms with E-state index in [-0.39, 0.29) is 28.5 Å². The molecule has 1 saturated heterocycles. The van der Waals surface area contributed by atoms with Crippen molar-refractivity contribution in [1.29, 1.82) is 0 Å². The topological polar surface area (TPSA) is 122 Å². The quantitative estimate of drug-likeness (QED) is 0.425. The predicted molar refractivity (Wildman–Crippen MR) is 130 cm³/mol. The van der Waals surface area contributed by atoms with E-state index in [0.717, 1.165) is 12.1 Å². The van der Waals surface area contributed by atoms with Crippen LogP contribution < -0.4 is 16.4 Å². The van der Waals surface area contributed by atoms with Crippen molar-refractivity contribution in [2.45, 2.75) is 12.6 Å². The second kappa shape index (κ2) is 10.8. The molecule has 4 rings (SSSR count). The van der Waals surface area contributed by atoms with Gasteiger partial charge in [-0.3, -0.25) is 23.9 Å². The Bertz CT molecular complexity index is 1300. The van der Waals surface area contributed by atoms with E-state index in [2.05, 4.69) is 15.6 Å². The number of nitrogens with one attached hydrogen (secondary N) is 2. The summed E-state index contributed by atoms with van der Waals surface area (Å²) in [5.41, 5.74) is 6.20. The summed E-state index contributed by atoms with van der Waals surface area (Å²) < 4.78 is 28.0. The second-order valence-corrected chi connectivity index (χ2v) is 8.65. The second-order valence-electron chi connectivity index (χ2n) is 8.24. The molecule has 3 aromatic rings. The molecule has 0 saturated carbocycles. The number of rotatable bonds is 8. The van der Waals surface area contributed by atoms with E-state index in [1.54, 1.807) is 24.3 Å². The Morgan fingerprint density at radius 3 is 2.53 bits per heavy atom. The molecule has 0 radical (unpaired) electrons. The molecule has 12 heteroatoms. The maximum absolute atomic E-state index is 13.3. The summed E-state index contributed by atoms with van der Waals surface area (Å²) in [6.07, 6.45) is 0.915. The first-order valence-electron chi connectivity index (χ1n) is 11.1. The maximum atomic E-state index is 13.3. The zero-order valence-corrected chi connectivity index (χ0v) is 19.8. The van der Waals surface area contributed by atoms with Gasteiger partial charge in [-0.05, 0) is 48.9 Å². The van der Waals surface area contributed by atoms with Gasteiger partial charge in [0.2, 0.25) is 0 Å². The highest BCUT2D eigenvalue weighted by atomic mass is 35.5. The molecule has 1 fully saturated rings. The Kier molecular flexibility index (Phi) is 7.61. The number of alkyl halides is 1. The highest BCUT2D eigenvalue weighted by Crippen LogP contribution is 2.21. The van der Waals surface area contributed by atoms with Crippen molar-refractivity contribution < 1.29 is 23.2 Å². The fraction of sp³-hybridized carbons (Fsp3) is 0.250. The summed E-state index contributed by atoms with van der Waals surface area (Å²) in [4.78, 5) is 43.2. The van der Waals surface area contributed by atoms with Crippen molar-refractivity contribution in [2.75, 3.05) is 31.5 Å². The summed E-state index contributed by atoms with van der Waals surface area (Å²) in [6, 6.07) is 9.84. The van der Waals surface area contributed by atoms with Gasteiger partial charge in [0, 0.05) is 37.6 Å². The number of imidazole rings is 1. The minimum Gasteiger partial charge on any atom is -0.364 e. The third kappa shape index (κ3) is 5.69. The van der Waals surface area contributed by atoms with Gasteiger partial charge in [-0.15, -0.1) is 0 Å². The number of benzene rings is 2. The number of halogens is 3. The zero-order valence-electron chi connectivity index (χ0n) is 19.0. The van der Waals surface area contributed by atoms with E-state index in [1.807, 2.05) is 4.90 Å². The van der Waals surface area contributed by atoms with Gasteiger partial charge in [-0.2, -0.15) is 0 Å². The molecule has 1 aromatic heterocycles. The van der Waals surface area contributed by atoms with E-state index in [4.69, 9.17) is 17.3 Å². The fourth-order valence-electron chi connectivity index (χ4n) is 3.92. The molecule has 188 valence electrons. The average Bonchev–Trinajstić information content (AvgIpc) is 3.46. The van der Waals surface area contributed by atoms with Crippen LogP contribution in [0.1, 0.15) is 37.8 Å². The highest BCUT2D eigenvalue weighted by Gasteiger charge is 2.25. The number of hydrogen-bond donors (Lipinski definition) is 3.